The first kappa shape index (κ1) is 18.3. The zero-order chi connectivity index (χ0) is 19.1. The van der Waals surface area contributed by atoms with Crippen LogP contribution in [0.2, 0.25) is 0 Å². The molecule has 2 bridgehead atoms. The van der Waals surface area contributed by atoms with E-state index in [2.05, 4.69) is 32.0 Å². The molecular formula is C21H31N5O2. The van der Waals surface area contributed by atoms with Gasteiger partial charge in [-0.2, -0.15) is 0 Å². The molecule has 0 saturated carbocycles. The van der Waals surface area contributed by atoms with E-state index in [0.717, 1.165) is 57.3 Å². The van der Waals surface area contributed by atoms with Crippen LogP contribution in [0.4, 0.5) is 5.82 Å². The van der Waals surface area contributed by atoms with E-state index in [1.165, 1.54) is 12.8 Å². The molecule has 1 amide bonds. The fourth-order valence-electron chi connectivity index (χ4n) is 5.80. The second kappa shape index (κ2) is 7.26. The molecule has 1 aromatic rings. The van der Waals surface area contributed by atoms with E-state index in [-0.39, 0.29) is 11.5 Å². The lowest BCUT2D eigenvalue weighted by molar-refractivity contribution is -0.122. The molecule has 7 heteroatoms. The number of hydrogen-bond donors (Lipinski definition) is 1. The maximum absolute atomic E-state index is 12.5. The zero-order valence-corrected chi connectivity index (χ0v) is 16.7. The van der Waals surface area contributed by atoms with Crippen LogP contribution in [0.1, 0.15) is 32.6 Å². The van der Waals surface area contributed by atoms with Gasteiger partial charge in [0.2, 0.25) is 5.91 Å². The standard InChI is InChI=1S/C21H31N5O2/c1-15-3-8-25(9-4-15)13-20(27)24-10-16-17-12-26(19-11-22-6-7-23-19)14-21(17)5-2-18(16)28-21/h6-7,11,15-18H,2-5,8-10,12-14H2,1H3,(H,24,27)/t16-,17+,18+,21+/m0/s1. The van der Waals surface area contributed by atoms with Crippen molar-refractivity contribution in [3.8, 4) is 0 Å². The lowest BCUT2D eigenvalue weighted by Crippen LogP contribution is -2.45. The highest BCUT2D eigenvalue weighted by Gasteiger charge is 2.63. The van der Waals surface area contributed by atoms with E-state index in [9.17, 15) is 4.79 Å². The Bertz CT molecular complexity index is 708. The smallest absolute Gasteiger partial charge is 0.234 e. The molecule has 1 aromatic heterocycles. The largest absolute Gasteiger partial charge is 0.369 e. The third-order valence-corrected chi connectivity index (χ3v) is 7.44. The Hall–Kier alpha value is -1.73. The minimum Gasteiger partial charge on any atom is -0.369 e. The van der Waals surface area contributed by atoms with Gasteiger partial charge in [-0.25, -0.2) is 4.98 Å². The van der Waals surface area contributed by atoms with Crippen molar-refractivity contribution in [2.24, 2.45) is 17.8 Å². The summed E-state index contributed by atoms with van der Waals surface area (Å²) in [6.45, 7) is 7.49. The minimum absolute atomic E-state index is 0.0550. The first-order chi connectivity index (χ1) is 13.6. The van der Waals surface area contributed by atoms with Crippen molar-refractivity contribution in [2.45, 2.75) is 44.3 Å². The van der Waals surface area contributed by atoms with Crippen LogP contribution >= 0.6 is 0 Å². The Kier molecular flexibility index (Phi) is 4.75. The number of ether oxygens (including phenoxy) is 1. The third-order valence-electron chi connectivity index (χ3n) is 7.44. The second-order valence-corrected chi connectivity index (χ2v) is 9.24. The fourth-order valence-corrected chi connectivity index (χ4v) is 5.80. The van der Waals surface area contributed by atoms with Gasteiger partial charge in [-0.3, -0.25) is 14.7 Å². The van der Waals surface area contributed by atoms with Gasteiger partial charge in [0.1, 0.15) is 5.82 Å². The lowest BCUT2D eigenvalue weighted by Gasteiger charge is -2.31. The van der Waals surface area contributed by atoms with E-state index < -0.39 is 0 Å². The lowest BCUT2D eigenvalue weighted by atomic mass is 9.73. The minimum atomic E-state index is -0.0550. The molecule has 0 unspecified atom stereocenters. The van der Waals surface area contributed by atoms with Crippen LogP contribution in [-0.4, -0.2) is 71.7 Å². The van der Waals surface area contributed by atoms with Crippen LogP contribution in [0.3, 0.4) is 0 Å². The molecule has 4 saturated heterocycles. The highest BCUT2D eigenvalue weighted by atomic mass is 16.5. The number of nitrogens with zero attached hydrogens (tertiary/aromatic N) is 4. The Balaban J connectivity index is 1.18. The molecule has 4 aliphatic heterocycles. The maximum Gasteiger partial charge on any atom is 0.234 e. The third kappa shape index (κ3) is 3.28. The Morgan fingerprint density at radius 1 is 1.32 bits per heavy atom. The number of piperidine rings is 1. The molecule has 152 valence electrons. The van der Waals surface area contributed by atoms with Gasteiger partial charge in [0, 0.05) is 43.9 Å². The van der Waals surface area contributed by atoms with Gasteiger partial charge in [0.05, 0.1) is 24.4 Å². The molecule has 0 radical (unpaired) electrons. The molecule has 4 fully saturated rings. The summed E-state index contributed by atoms with van der Waals surface area (Å²) in [4.78, 5) is 25.8. The molecule has 4 aliphatic rings. The highest BCUT2D eigenvalue weighted by molar-refractivity contribution is 5.78. The zero-order valence-electron chi connectivity index (χ0n) is 16.7. The van der Waals surface area contributed by atoms with Gasteiger partial charge in [-0.1, -0.05) is 6.92 Å². The van der Waals surface area contributed by atoms with E-state index >= 15 is 0 Å². The van der Waals surface area contributed by atoms with Crippen molar-refractivity contribution in [1.29, 1.82) is 0 Å². The monoisotopic (exact) mass is 385 g/mol. The molecule has 4 atom stereocenters. The predicted octanol–water partition coefficient (Wildman–Crippen LogP) is 1.31. The number of rotatable bonds is 5. The van der Waals surface area contributed by atoms with Gasteiger partial charge in [-0.05, 0) is 44.7 Å². The van der Waals surface area contributed by atoms with Crippen molar-refractivity contribution >= 4 is 11.7 Å². The molecule has 1 spiro atoms. The van der Waals surface area contributed by atoms with Crippen LogP contribution in [0.15, 0.2) is 18.6 Å². The van der Waals surface area contributed by atoms with Gasteiger partial charge in [-0.15, -0.1) is 0 Å². The van der Waals surface area contributed by atoms with Crippen molar-refractivity contribution in [1.82, 2.24) is 20.2 Å². The molecule has 5 rings (SSSR count). The number of carbonyl (C=O) groups excluding carboxylic acids is 1. The summed E-state index contributed by atoms with van der Waals surface area (Å²) in [5.41, 5.74) is -0.0550. The summed E-state index contributed by atoms with van der Waals surface area (Å²) >= 11 is 0. The summed E-state index contributed by atoms with van der Waals surface area (Å²) in [5.74, 6) is 2.75. The Morgan fingerprint density at radius 3 is 2.96 bits per heavy atom. The van der Waals surface area contributed by atoms with Crippen molar-refractivity contribution < 1.29 is 9.53 Å². The SMILES string of the molecule is CC1CCN(CC(=O)NC[C@H]2[C@H]3CN(c4cnccn4)C[C@]34CC[C@H]2O4)CC1. The van der Waals surface area contributed by atoms with Crippen LogP contribution in [0.25, 0.3) is 0 Å². The first-order valence-corrected chi connectivity index (χ1v) is 10.8. The fraction of sp³-hybridized carbons (Fsp3) is 0.762. The molecule has 28 heavy (non-hydrogen) atoms. The first-order valence-electron chi connectivity index (χ1n) is 10.8. The summed E-state index contributed by atoms with van der Waals surface area (Å²) in [5, 5.41) is 3.22. The van der Waals surface area contributed by atoms with E-state index in [4.69, 9.17) is 4.74 Å². The number of aromatic nitrogens is 2. The molecule has 0 aromatic carbocycles. The topological polar surface area (TPSA) is 70.6 Å². The number of nitrogens with one attached hydrogen (secondary N) is 1. The van der Waals surface area contributed by atoms with Crippen molar-refractivity contribution in [3.05, 3.63) is 18.6 Å². The quantitative estimate of drug-likeness (QED) is 0.824. The van der Waals surface area contributed by atoms with Crippen LogP contribution in [0.5, 0.6) is 0 Å². The summed E-state index contributed by atoms with van der Waals surface area (Å²) in [6, 6.07) is 0. The molecule has 1 N–H and O–H groups in total. The van der Waals surface area contributed by atoms with Crippen molar-refractivity contribution in [2.75, 3.05) is 44.2 Å². The Labute approximate surface area is 166 Å². The second-order valence-electron chi connectivity index (χ2n) is 9.24. The normalized spacial score (nSPS) is 35.3. The van der Waals surface area contributed by atoms with Gasteiger partial charge in [0.15, 0.2) is 0 Å². The van der Waals surface area contributed by atoms with Gasteiger partial charge in [0.25, 0.3) is 0 Å². The highest BCUT2D eigenvalue weighted by Crippen LogP contribution is 2.55. The van der Waals surface area contributed by atoms with E-state index in [0.29, 0.717) is 24.5 Å². The molecule has 5 heterocycles. The molecule has 7 nitrogen and oxygen atoms in total. The number of fused-ring (bicyclic) bond motifs is 1. The van der Waals surface area contributed by atoms with E-state index in [1.807, 2.05) is 6.20 Å². The average Bonchev–Trinajstić information content (AvgIpc) is 3.37. The maximum atomic E-state index is 12.5. The number of carbonyl (C=O) groups is 1. The predicted molar refractivity (Wildman–Crippen MR) is 106 cm³/mol. The number of hydrogen-bond acceptors (Lipinski definition) is 6. The Morgan fingerprint density at radius 2 is 2.18 bits per heavy atom. The summed E-state index contributed by atoms with van der Waals surface area (Å²) in [6.07, 6.45) is 10.2. The van der Waals surface area contributed by atoms with E-state index in [1.54, 1.807) is 12.4 Å². The van der Waals surface area contributed by atoms with Crippen LogP contribution < -0.4 is 10.2 Å². The van der Waals surface area contributed by atoms with Gasteiger partial charge >= 0.3 is 0 Å². The van der Waals surface area contributed by atoms with Crippen LogP contribution in [0, 0.1) is 17.8 Å². The average molecular weight is 386 g/mol. The number of anilines is 1. The van der Waals surface area contributed by atoms with Gasteiger partial charge < -0.3 is 15.0 Å². The molecular weight excluding hydrogens is 354 g/mol. The number of likely N-dealkylation sites (tertiary alicyclic amines) is 1. The number of amides is 1. The van der Waals surface area contributed by atoms with Crippen molar-refractivity contribution in [3.63, 3.8) is 0 Å². The molecule has 0 aliphatic carbocycles. The summed E-state index contributed by atoms with van der Waals surface area (Å²) < 4.78 is 6.49. The van der Waals surface area contributed by atoms with Crippen LogP contribution in [-0.2, 0) is 9.53 Å². The summed E-state index contributed by atoms with van der Waals surface area (Å²) in [7, 11) is 0.